The van der Waals surface area contributed by atoms with Crippen LogP contribution in [-0.4, -0.2) is 42.9 Å². The van der Waals surface area contributed by atoms with Gasteiger partial charge in [0.05, 0.1) is 19.3 Å². The molecule has 20 heavy (non-hydrogen) atoms. The Morgan fingerprint density at radius 1 is 1.60 bits per heavy atom. The lowest BCUT2D eigenvalue weighted by Crippen LogP contribution is -2.47. The fourth-order valence-electron chi connectivity index (χ4n) is 2.16. The van der Waals surface area contributed by atoms with E-state index in [2.05, 4.69) is 4.99 Å². The normalized spacial score (nSPS) is 20.2. The summed E-state index contributed by atoms with van der Waals surface area (Å²) in [6.07, 6.45) is 2.13. The highest BCUT2D eigenvalue weighted by atomic mass is 32.2. The number of benzene rings is 1. The summed E-state index contributed by atoms with van der Waals surface area (Å²) in [6.45, 7) is 4.56. The second-order valence-electron chi connectivity index (χ2n) is 4.76. The summed E-state index contributed by atoms with van der Waals surface area (Å²) in [5.41, 5.74) is 6.87. The van der Waals surface area contributed by atoms with Crippen LogP contribution in [0.2, 0.25) is 0 Å². The molecule has 1 aliphatic heterocycles. The summed E-state index contributed by atoms with van der Waals surface area (Å²) in [5.74, 6) is 0.253. The van der Waals surface area contributed by atoms with E-state index in [0.29, 0.717) is 19.1 Å². The second kappa shape index (κ2) is 6.95. The number of ether oxygens (including phenoxy) is 1. The Labute approximate surface area is 123 Å². The van der Waals surface area contributed by atoms with Crippen LogP contribution in [-0.2, 0) is 11.3 Å². The molecule has 1 unspecified atom stereocenters. The standard InChI is InChI=1S/C14H20FN3OS/c1-10-9-18(5-6-19-10)14(16)17-8-11-7-12(15)3-4-13(11)20-2/h3-4,7,10H,5-6,8-9H2,1-2H3,(H2,16,17). The van der Waals surface area contributed by atoms with Crippen LogP contribution in [0, 0.1) is 5.82 Å². The quantitative estimate of drug-likeness (QED) is 0.527. The first-order valence-electron chi connectivity index (χ1n) is 6.59. The zero-order valence-electron chi connectivity index (χ0n) is 11.8. The molecule has 110 valence electrons. The van der Waals surface area contributed by atoms with Crippen molar-refractivity contribution in [2.45, 2.75) is 24.5 Å². The first kappa shape index (κ1) is 15.1. The SMILES string of the molecule is CSc1ccc(F)cc1CN=C(N)N1CCOC(C)C1. The summed E-state index contributed by atoms with van der Waals surface area (Å²) < 4.78 is 18.8. The summed E-state index contributed by atoms with van der Waals surface area (Å²) in [7, 11) is 0. The maximum atomic E-state index is 13.3. The van der Waals surface area contributed by atoms with Gasteiger partial charge in [-0.25, -0.2) is 9.38 Å². The number of nitrogens with two attached hydrogens (primary N) is 1. The third-order valence-corrected chi connectivity index (χ3v) is 4.06. The molecule has 0 spiro atoms. The number of hydrogen-bond acceptors (Lipinski definition) is 3. The predicted molar refractivity (Wildman–Crippen MR) is 80.5 cm³/mol. The van der Waals surface area contributed by atoms with Crippen LogP contribution in [0.3, 0.4) is 0 Å². The van der Waals surface area contributed by atoms with Crippen molar-refractivity contribution >= 4 is 17.7 Å². The Morgan fingerprint density at radius 2 is 2.40 bits per heavy atom. The van der Waals surface area contributed by atoms with Gasteiger partial charge in [0, 0.05) is 18.0 Å². The van der Waals surface area contributed by atoms with Gasteiger partial charge in [-0.3, -0.25) is 0 Å². The number of thioether (sulfide) groups is 1. The Morgan fingerprint density at radius 3 is 3.10 bits per heavy atom. The lowest BCUT2D eigenvalue weighted by molar-refractivity contribution is 0.00528. The van der Waals surface area contributed by atoms with Crippen molar-refractivity contribution in [3.05, 3.63) is 29.6 Å². The minimum Gasteiger partial charge on any atom is -0.375 e. The fraction of sp³-hybridized carbons (Fsp3) is 0.500. The third kappa shape index (κ3) is 3.86. The van der Waals surface area contributed by atoms with E-state index in [4.69, 9.17) is 10.5 Å². The molecule has 1 fully saturated rings. The van der Waals surface area contributed by atoms with Crippen LogP contribution in [0.25, 0.3) is 0 Å². The molecule has 2 rings (SSSR count). The molecule has 1 saturated heterocycles. The van der Waals surface area contributed by atoms with Crippen molar-refractivity contribution < 1.29 is 9.13 Å². The predicted octanol–water partition coefficient (Wildman–Crippen LogP) is 2.08. The lowest BCUT2D eigenvalue weighted by atomic mass is 10.2. The molecule has 1 aliphatic rings. The van der Waals surface area contributed by atoms with Gasteiger partial charge >= 0.3 is 0 Å². The molecule has 1 aromatic rings. The molecule has 0 aliphatic carbocycles. The van der Waals surface area contributed by atoms with Crippen LogP contribution >= 0.6 is 11.8 Å². The molecule has 1 atom stereocenters. The summed E-state index contributed by atoms with van der Waals surface area (Å²) in [4.78, 5) is 7.42. The highest BCUT2D eigenvalue weighted by Gasteiger charge is 2.18. The van der Waals surface area contributed by atoms with Gasteiger partial charge in [-0.2, -0.15) is 0 Å². The smallest absolute Gasteiger partial charge is 0.191 e. The number of rotatable bonds is 3. The summed E-state index contributed by atoms with van der Waals surface area (Å²) >= 11 is 1.58. The maximum absolute atomic E-state index is 13.3. The van der Waals surface area contributed by atoms with Crippen molar-refractivity contribution in [1.82, 2.24) is 4.90 Å². The van der Waals surface area contributed by atoms with Gasteiger partial charge in [0.2, 0.25) is 0 Å². The fourth-order valence-corrected chi connectivity index (χ4v) is 2.75. The molecule has 0 radical (unpaired) electrons. The van der Waals surface area contributed by atoms with E-state index in [1.54, 1.807) is 17.8 Å². The van der Waals surface area contributed by atoms with Crippen LogP contribution in [0.1, 0.15) is 12.5 Å². The van der Waals surface area contributed by atoms with Crippen molar-refractivity contribution in [1.29, 1.82) is 0 Å². The van der Waals surface area contributed by atoms with Crippen LogP contribution < -0.4 is 5.73 Å². The molecule has 2 N–H and O–H groups in total. The van der Waals surface area contributed by atoms with Crippen molar-refractivity contribution in [2.75, 3.05) is 26.0 Å². The Hall–Kier alpha value is -1.27. The Kier molecular flexibility index (Phi) is 5.25. The summed E-state index contributed by atoms with van der Waals surface area (Å²) in [6, 6.07) is 4.76. The van der Waals surface area contributed by atoms with Crippen molar-refractivity contribution in [3.63, 3.8) is 0 Å². The van der Waals surface area contributed by atoms with Gasteiger partial charge < -0.3 is 15.4 Å². The monoisotopic (exact) mass is 297 g/mol. The first-order chi connectivity index (χ1) is 9.60. The molecule has 0 aromatic heterocycles. The molecule has 0 saturated carbocycles. The number of hydrogen-bond donors (Lipinski definition) is 1. The molecule has 1 aromatic carbocycles. The minimum absolute atomic E-state index is 0.161. The van der Waals surface area contributed by atoms with Crippen LogP contribution in [0.15, 0.2) is 28.1 Å². The van der Waals surface area contributed by atoms with E-state index in [1.807, 2.05) is 18.1 Å². The van der Waals surface area contributed by atoms with E-state index < -0.39 is 0 Å². The zero-order chi connectivity index (χ0) is 14.5. The minimum atomic E-state index is -0.244. The first-order valence-corrected chi connectivity index (χ1v) is 7.81. The van der Waals surface area contributed by atoms with E-state index in [0.717, 1.165) is 23.5 Å². The van der Waals surface area contributed by atoms with Gasteiger partial charge in [0.15, 0.2) is 5.96 Å². The molecule has 1 heterocycles. The van der Waals surface area contributed by atoms with Crippen LogP contribution in [0.4, 0.5) is 4.39 Å². The number of guanidine groups is 1. The highest BCUT2D eigenvalue weighted by molar-refractivity contribution is 7.98. The van der Waals surface area contributed by atoms with E-state index in [1.165, 1.54) is 12.1 Å². The number of halogens is 1. The summed E-state index contributed by atoms with van der Waals surface area (Å²) in [5, 5.41) is 0. The van der Waals surface area contributed by atoms with Gasteiger partial charge in [-0.1, -0.05) is 0 Å². The third-order valence-electron chi connectivity index (χ3n) is 3.22. The molecule has 0 amide bonds. The van der Waals surface area contributed by atoms with Crippen molar-refractivity contribution in [2.24, 2.45) is 10.7 Å². The number of nitrogens with zero attached hydrogens (tertiary/aromatic N) is 2. The maximum Gasteiger partial charge on any atom is 0.191 e. The highest BCUT2D eigenvalue weighted by Crippen LogP contribution is 2.22. The molecule has 0 bridgehead atoms. The van der Waals surface area contributed by atoms with Crippen molar-refractivity contribution in [3.8, 4) is 0 Å². The lowest BCUT2D eigenvalue weighted by Gasteiger charge is -2.31. The van der Waals surface area contributed by atoms with Gasteiger partial charge in [0.1, 0.15) is 5.82 Å². The zero-order valence-corrected chi connectivity index (χ0v) is 12.6. The number of morpholine rings is 1. The molecule has 6 heteroatoms. The Bertz CT molecular complexity index is 495. The van der Waals surface area contributed by atoms with Gasteiger partial charge in [0.25, 0.3) is 0 Å². The number of aliphatic imine (C=N–C) groups is 1. The topological polar surface area (TPSA) is 50.8 Å². The van der Waals surface area contributed by atoms with E-state index in [-0.39, 0.29) is 11.9 Å². The largest absolute Gasteiger partial charge is 0.375 e. The van der Waals surface area contributed by atoms with Crippen LogP contribution in [0.5, 0.6) is 0 Å². The second-order valence-corrected chi connectivity index (χ2v) is 5.61. The van der Waals surface area contributed by atoms with Gasteiger partial charge in [-0.15, -0.1) is 11.8 Å². The van der Waals surface area contributed by atoms with E-state index >= 15 is 0 Å². The average molecular weight is 297 g/mol. The Balaban J connectivity index is 2.06. The molecular formula is C14H20FN3OS. The average Bonchev–Trinajstić information content (AvgIpc) is 2.45. The van der Waals surface area contributed by atoms with E-state index in [9.17, 15) is 4.39 Å². The molecule has 4 nitrogen and oxygen atoms in total. The van der Waals surface area contributed by atoms with Gasteiger partial charge in [-0.05, 0) is 36.9 Å². The molecular weight excluding hydrogens is 277 g/mol.